The molecule has 1 aromatic rings. The van der Waals surface area contributed by atoms with Gasteiger partial charge in [-0.25, -0.2) is 0 Å². The van der Waals surface area contributed by atoms with Crippen LogP contribution in [0.2, 0.25) is 0 Å². The van der Waals surface area contributed by atoms with Crippen molar-refractivity contribution in [3.8, 4) is 5.75 Å². The molecule has 0 spiro atoms. The monoisotopic (exact) mass is 304 g/mol. The predicted molar refractivity (Wildman–Crippen MR) is 72.0 cm³/mol. The lowest BCUT2D eigenvalue weighted by Gasteiger charge is -2.29. The molecule has 0 saturated carbocycles. The molecule has 0 aliphatic carbocycles. The van der Waals surface area contributed by atoms with Crippen molar-refractivity contribution in [2.24, 2.45) is 0 Å². The second kappa shape index (κ2) is 7.11. The van der Waals surface area contributed by atoms with Crippen LogP contribution in [0.3, 0.4) is 0 Å². The van der Waals surface area contributed by atoms with E-state index in [0.29, 0.717) is 5.56 Å². The minimum atomic E-state index is -4.71. The van der Waals surface area contributed by atoms with Crippen LogP contribution in [0.25, 0.3) is 0 Å². The number of aliphatic hydroxyl groups excluding tert-OH is 1. The number of nitrogens with zero attached hydrogens (tertiary/aromatic N) is 1. The van der Waals surface area contributed by atoms with Crippen LogP contribution >= 0.6 is 0 Å². The quantitative estimate of drug-likeness (QED) is 0.892. The number of rotatable bonds is 4. The molecule has 0 amide bonds. The van der Waals surface area contributed by atoms with E-state index in [1.807, 2.05) is 0 Å². The number of hydrogen-bond acceptors (Lipinski definition) is 4. The molecule has 21 heavy (non-hydrogen) atoms. The molecule has 0 radical (unpaired) electrons. The highest BCUT2D eigenvalue weighted by molar-refractivity contribution is 5.31. The first-order valence-corrected chi connectivity index (χ1v) is 6.91. The van der Waals surface area contributed by atoms with Gasteiger partial charge in [-0.3, -0.25) is 4.90 Å². The van der Waals surface area contributed by atoms with E-state index in [1.165, 1.54) is 18.2 Å². The Morgan fingerprint density at radius 2 is 2.10 bits per heavy atom. The predicted octanol–water partition coefficient (Wildman–Crippen LogP) is 1.91. The molecule has 2 N–H and O–H groups in total. The fraction of sp³-hybridized carbons (Fsp3) is 0.571. The van der Waals surface area contributed by atoms with Gasteiger partial charge in [0, 0.05) is 19.6 Å². The zero-order valence-corrected chi connectivity index (χ0v) is 11.6. The van der Waals surface area contributed by atoms with Gasteiger partial charge < -0.3 is 15.2 Å². The molecule has 4 nitrogen and oxygen atoms in total. The normalized spacial score (nSPS) is 19.0. The number of ether oxygens (including phenoxy) is 1. The van der Waals surface area contributed by atoms with Gasteiger partial charge in [0.25, 0.3) is 0 Å². The van der Waals surface area contributed by atoms with Crippen molar-refractivity contribution < 1.29 is 23.0 Å². The zero-order valence-electron chi connectivity index (χ0n) is 11.6. The zero-order chi connectivity index (χ0) is 15.3. The SMILES string of the molecule is OCC(c1cccc(OC(F)(F)F)c1)N1CCCNCC1. The maximum Gasteiger partial charge on any atom is 0.573 e. The summed E-state index contributed by atoms with van der Waals surface area (Å²) in [6.07, 6.45) is -3.77. The fourth-order valence-corrected chi connectivity index (χ4v) is 2.53. The topological polar surface area (TPSA) is 44.7 Å². The van der Waals surface area contributed by atoms with Gasteiger partial charge in [0.05, 0.1) is 12.6 Å². The van der Waals surface area contributed by atoms with Gasteiger partial charge in [-0.2, -0.15) is 0 Å². The maximum atomic E-state index is 12.3. The summed E-state index contributed by atoms with van der Waals surface area (Å²) in [4.78, 5) is 2.08. The summed E-state index contributed by atoms with van der Waals surface area (Å²) in [5, 5.41) is 12.9. The van der Waals surface area contributed by atoms with Gasteiger partial charge in [0.2, 0.25) is 0 Å². The van der Waals surface area contributed by atoms with E-state index in [-0.39, 0.29) is 18.4 Å². The summed E-state index contributed by atoms with van der Waals surface area (Å²) in [5.74, 6) is -0.258. The number of hydrogen-bond donors (Lipinski definition) is 2. The Labute approximate surface area is 121 Å². The summed E-state index contributed by atoms with van der Waals surface area (Å²) in [5.41, 5.74) is 0.626. The number of aliphatic hydroxyl groups is 1. The molecular weight excluding hydrogens is 285 g/mol. The lowest BCUT2D eigenvalue weighted by atomic mass is 10.1. The molecular formula is C14H19F3N2O2. The molecule has 1 fully saturated rings. The van der Waals surface area contributed by atoms with Crippen LogP contribution in [0.4, 0.5) is 13.2 Å². The van der Waals surface area contributed by atoms with Crippen molar-refractivity contribution >= 4 is 0 Å². The molecule has 1 saturated heterocycles. The summed E-state index contributed by atoms with van der Waals surface area (Å²) in [6, 6.07) is 5.50. The number of benzene rings is 1. The van der Waals surface area contributed by atoms with Gasteiger partial charge in [-0.15, -0.1) is 13.2 Å². The second-order valence-corrected chi connectivity index (χ2v) is 4.96. The summed E-state index contributed by atoms with van der Waals surface area (Å²) in [6.45, 7) is 3.11. The molecule has 2 rings (SSSR count). The van der Waals surface area contributed by atoms with Crippen molar-refractivity contribution in [2.45, 2.75) is 18.8 Å². The lowest BCUT2D eigenvalue weighted by molar-refractivity contribution is -0.274. The molecule has 1 atom stereocenters. The number of alkyl halides is 3. The Bertz CT molecular complexity index is 446. The molecule has 7 heteroatoms. The van der Waals surface area contributed by atoms with E-state index in [4.69, 9.17) is 0 Å². The number of nitrogens with one attached hydrogen (secondary N) is 1. The van der Waals surface area contributed by atoms with E-state index in [0.717, 1.165) is 32.6 Å². The van der Waals surface area contributed by atoms with E-state index in [1.54, 1.807) is 6.07 Å². The van der Waals surface area contributed by atoms with Gasteiger partial charge in [0.1, 0.15) is 5.75 Å². The molecule has 1 aliphatic rings. The molecule has 1 aromatic carbocycles. The van der Waals surface area contributed by atoms with Crippen molar-refractivity contribution in [2.75, 3.05) is 32.8 Å². The largest absolute Gasteiger partial charge is 0.573 e. The lowest BCUT2D eigenvalue weighted by Crippen LogP contribution is -2.34. The van der Waals surface area contributed by atoms with Crippen LogP contribution in [0, 0.1) is 0 Å². The van der Waals surface area contributed by atoms with Gasteiger partial charge >= 0.3 is 6.36 Å². The Hall–Kier alpha value is -1.31. The van der Waals surface area contributed by atoms with Gasteiger partial charge in [-0.1, -0.05) is 12.1 Å². The first-order chi connectivity index (χ1) is 9.99. The Balaban J connectivity index is 2.15. The first-order valence-electron chi connectivity index (χ1n) is 6.91. The minimum Gasteiger partial charge on any atom is -0.406 e. The number of halogens is 3. The van der Waals surface area contributed by atoms with Crippen LogP contribution in [0.5, 0.6) is 5.75 Å². The highest BCUT2D eigenvalue weighted by Gasteiger charge is 2.31. The maximum absolute atomic E-state index is 12.3. The average molecular weight is 304 g/mol. The fourth-order valence-electron chi connectivity index (χ4n) is 2.53. The van der Waals surface area contributed by atoms with Crippen molar-refractivity contribution in [1.29, 1.82) is 0 Å². The van der Waals surface area contributed by atoms with E-state index in [9.17, 15) is 18.3 Å². The van der Waals surface area contributed by atoms with E-state index < -0.39 is 6.36 Å². The van der Waals surface area contributed by atoms with Crippen LogP contribution < -0.4 is 10.1 Å². The second-order valence-electron chi connectivity index (χ2n) is 4.96. The molecule has 0 aromatic heterocycles. The van der Waals surface area contributed by atoms with Crippen LogP contribution in [-0.2, 0) is 0 Å². The smallest absolute Gasteiger partial charge is 0.406 e. The summed E-state index contributed by atoms with van der Waals surface area (Å²) < 4.78 is 40.8. The summed E-state index contributed by atoms with van der Waals surface area (Å²) in [7, 11) is 0. The van der Waals surface area contributed by atoms with Gasteiger partial charge in [-0.05, 0) is 30.7 Å². The standard InChI is InChI=1S/C14H19F3N2O2/c15-14(16,17)21-12-4-1-3-11(9-12)13(10-20)19-7-2-5-18-6-8-19/h1,3-4,9,13,18,20H,2,5-8,10H2. The van der Waals surface area contributed by atoms with Crippen LogP contribution in [0.15, 0.2) is 24.3 Å². The molecule has 1 heterocycles. The molecule has 1 unspecified atom stereocenters. The molecule has 1 aliphatic heterocycles. The van der Waals surface area contributed by atoms with E-state index in [2.05, 4.69) is 15.0 Å². The Morgan fingerprint density at radius 3 is 2.81 bits per heavy atom. The highest BCUT2D eigenvalue weighted by Crippen LogP contribution is 2.28. The Kier molecular flexibility index (Phi) is 5.44. The minimum absolute atomic E-state index is 0.143. The van der Waals surface area contributed by atoms with Crippen LogP contribution in [-0.4, -0.2) is 49.2 Å². The third-order valence-corrected chi connectivity index (χ3v) is 3.46. The third-order valence-electron chi connectivity index (χ3n) is 3.46. The van der Waals surface area contributed by atoms with E-state index >= 15 is 0 Å². The first kappa shape index (κ1) is 16.1. The van der Waals surface area contributed by atoms with Crippen LogP contribution in [0.1, 0.15) is 18.0 Å². The Morgan fingerprint density at radius 1 is 1.29 bits per heavy atom. The van der Waals surface area contributed by atoms with Crippen molar-refractivity contribution in [1.82, 2.24) is 10.2 Å². The average Bonchev–Trinajstić information content (AvgIpc) is 2.67. The van der Waals surface area contributed by atoms with Gasteiger partial charge in [0.15, 0.2) is 0 Å². The molecule has 0 bridgehead atoms. The highest BCUT2D eigenvalue weighted by atomic mass is 19.4. The van der Waals surface area contributed by atoms with Crippen molar-refractivity contribution in [3.63, 3.8) is 0 Å². The van der Waals surface area contributed by atoms with Crippen molar-refractivity contribution in [3.05, 3.63) is 29.8 Å². The summed E-state index contributed by atoms with van der Waals surface area (Å²) >= 11 is 0. The third kappa shape index (κ3) is 4.87. The molecule has 118 valence electrons.